The van der Waals surface area contributed by atoms with Crippen LogP contribution in [0, 0.1) is 11.6 Å². The molecule has 0 spiro atoms. The van der Waals surface area contributed by atoms with Crippen LogP contribution in [0.4, 0.5) is 24.5 Å². The van der Waals surface area contributed by atoms with E-state index >= 15 is 8.78 Å². The van der Waals surface area contributed by atoms with Crippen molar-refractivity contribution in [2.75, 3.05) is 75.3 Å². The van der Waals surface area contributed by atoms with Gasteiger partial charge in [-0.3, -0.25) is 33.7 Å². The van der Waals surface area contributed by atoms with Crippen molar-refractivity contribution in [1.29, 1.82) is 0 Å². The monoisotopic (exact) mass is 930 g/mol. The predicted octanol–water partition coefficient (Wildman–Crippen LogP) is 3.85. The number of aromatic nitrogens is 2. The Morgan fingerprint density at radius 3 is 2.39 bits per heavy atom. The molecular formula is C45H45F3N8O9S. The highest BCUT2D eigenvalue weighted by Crippen LogP contribution is 2.33. The van der Waals surface area contributed by atoms with Gasteiger partial charge in [-0.25, -0.2) is 18.2 Å². The smallest absolute Gasteiger partial charge is 0.301 e. The molecule has 4 N–H and O–H groups in total. The maximum absolute atomic E-state index is 15.7. The molecule has 21 heteroatoms. The van der Waals surface area contributed by atoms with Crippen LogP contribution < -0.4 is 19.7 Å². The highest BCUT2D eigenvalue weighted by Gasteiger charge is 2.45. The summed E-state index contributed by atoms with van der Waals surface area (Å²) in [5.41, 5.74) is 1.27. The molecule has 3 amide bonds. The number of nitrogens with one attached hydrogen (secondary N) is 3. The van der Waals surface area contributed by atoms with E-state index in [4.69, 9.17) is 9.47 Å². The van der Waals surface area contributed by atoms with E-state index in [0.29, 0.717) is 50.8 Å². The normalized spacial score (nSPS) is 20.5. The van der Waals surface area contributed by atoms with Crippen molar-refractivity contribution in [3.05, 3.63) is 107 Å². The molecular weight excluding hydrogens is 886 g/mol. The Morgan fingerprint density at radius 1 is 0.879 bits per heavy atom. The number of amides is 3. The topological polar surface area (TPSA) is 207 Å². The van der Waals surface area contributed by atoms with E-state index in [-0.39, 0.29) is 53.5 Å². The van der Waals surface area contributed by atoms with Crippen LogP contribution in [0.3, 0.4) is 0 Å². The number of benzene rings is 3. The maximum Gasteiger partial charge on any atom is 0.301 e. The summed E-state index contributed by atoms with van der Waals surface area (Å²) in [6.45, 7) is 4.26. The molecule has 3 fully saturated rings. The highest BCUT2D eigenvalue weighted by atomic mass is 32.2. The number of aliphatic hydroxyl groups excluding tert-OH is 1. The number of pyridine rings is 1. The van der Waals surface area contributed by atoms with Crippen LogP contribution in [0.15, 0.2) is 73.1 Å². The molecule has 2 aromatic heterocycles. The Balaban J connectivity index is 0.734. The average Bonchev–Trinajstić information content (AvgIpc) is 4.02. The van der Waals surface area contributed by atoms with Crippen molar-refractivity contribution < 1.29 is 55.3 Å². The Labute approximate surface area is 376 Å². The number of aromatic amines is 1. The summed E-state index contributed by atoms with van der Waals surface area (Å²) in [5, 5.41) is 12.4. The summed E-state index contributed by atoms with van der Waals surface area (Å²) in [5.74, 6) is -4.61. The van der Waals surface area contributed by atoms with E-state index in [1.807, 2.05) is 10.8 Å². The number of imide groups is 1. The molecule has 4 aliphatic heterocycles. The van der Waals surface area contributed by atoms with Crippen LogP contribution >= 0.6 is 0 Å². The molecule has 9 rings (SSSR count). The van der Waals surface area contributed by atoms with Gasteiger partial charge in [-0.2, -0.15) is 12.7 Å². The number of nitrogens with zero attached hydrogens (tertiary/aromatic N) is 5. The number of H-pyrrole nitrogens is 1. The highest BCUT2D eigenvalue weighted by molar-refractivity contribution is 7.90. The average molecular weight is 931 g/mol. The molecule has 4 aliphatic rings. The number of hydrogen-bond acceptors (Lipinski definition) is 12. The van der Waals surface area contributed by atoms with Crippen molar-refractivity contribution in [3.63, 3.8) is 0 Å². The zero-order valence-corrected chi connectivity index (χ0v) is 36.2. The van der Waals surface area contributed by atoms with Gasteiger partial charge in [0.05, 0.1) is 35.6 Å². The lowest BCUT2D eigenvalue weighted by molar-refractivity contribution is -0.131. The molecule has 66 heavy (non-hydrogen) atoms. The fraction of sp³-hybridized carbons (Fsp3) is 0.356. The van der Waals surface area contributed by atoms with E-state index in [0.717, 1.165) is 45.7 Å². The zero-order valence-electron chi connectivity index (χ0n) is 35.3. The molecule has 6 heterocycles. The zero-order chi connectivity index (χ0) is 46.3. The SMILES string of the molecule is O=C(c1c(F)ccc(NS(=O)(=O)N2CC[C@@H](F)C2)c1F)c1c[nH]c2ncc(-c3ccc(OCCOCCN4CCN(c5ccc6c(c5)C(=O)N(C5CCC(O)NC5=O)C6=O)CC4)cc3)cc12. The van der Waals surface area contributed by atoms with Gasteiger partial charge in [-0.1, -0.05) is 12.1 Å². The van der Waals surface area contributed by atoms with Gasteiger partial charge in [0.1, 0.15) is 42.3 Å². The Morgan fingerprint density at radius 2 is 1.65 bits per heavy atom. The van der Waals surface area contributed by atoms with Gasteiger partial charge >= 0.3 is 10.2 Å². The van der Waals surface area contributed by atoms with Crippen LogP contribution in [-0.4, -0.2) is 145 Å². The lowest BCUT2D eigenvalue weighted by Gasteiger charge is -2.36. The minimum Gasteiger partial charge on any atom is -0.491 e. The van der Waals surface area contributed by atoms with Gasteiger partial charge < -0.3 is 29.8 Å². The van der Waals surface area contributed by atoms with E-state index in [2.05, 4.69) is 25.1 Å². The second kappa shape index (κ2) is 18.5. The first kappa shape index (κ1) is 44.8. The van der Waals surface area contributed by atoms with E-state index in [9.17, 15) is 37.1 Å². The Hall–Kier alpha value is -6.39. The second-order valence-corrected chi connectivity index (χ2v) is 18.1. The number of ether oxygens (including phenoxy) is 2. The molecule has 3 atom stereocenters. The summed E-state index contributed by atoms with van der Waals surface area (Å²) in [6.07, 6.45) is 0.946. The lowest BCUT2D eigenvalue weighted by Crippen LogP contribution is -2.55. The second-order valence-electron chi connectivity index (χ2n) is 16.4. The molecule has 2 unspecified atom stereocenters. The largest absolute Gasteiger partial charge is 0.491 e. The van der Waals surface area contributed by atoms with Gasteiger partial charge in [0, 0.05) is 80.4 Å². The van der Waals surface area contributed by atoms with E-state index in [1.54, 1.807) is 48.7 Å². The lowest BCUT2D eigenvalue weighted by atomic mass is 10.00. The standard InChI is InChI=1S/C45H45F3N8O9S/c46-28-11-12-55(25-28)66(62,63)52-36-8-7-35(47)39(40(36)48)41(58)34-24-50-42-32(34)21-27(23-49-42)26-1-4-30(5-2-26)65-20-19-64-18-17-53-13-15-54(16-14-53)29-3-6-31-33(22-29)45(61)56(44(31)60)37-9-10-38(57)51-43(37)59/h1-8,21-24,28,37-38,52,57H,9-20,25H2,(H,49,50)(H,51,59)/t28-,37?,38?/m1/s1. The number of anilines is 2. The number of halogens is 3. The van der Waals surface area contributed by atoms with E-state index in [1.165, 1.54) is 6.20 Å². The summed E-state index contributed by atoms with van der Waals surface area (Å²) in [6, 6.07) is 14.7. The molecule has 5 aromatic rings. The summed E-state index contributed by atoms with van der Waals surface area (Å²) >= 11 is 0. The fourth-order valence-corrected chi connectivity index (χ4v) is 9.94. The summed E-state index contributed by atoms with van der Waals surface area (Å²) in [7, 11) is -4.37. The number of ketones is 1. The fourth-order valence-electron chi connectivity index (χ4n) is 8.67. The Kier molecular flexibility index (Phi) is 12.5. The molecule has 3 saturated heterocycles. The number of piperidine rings is 1. The van der Waals surface area contributed by atoms with Crippen molar-refractivity contribution in [3.8, 4) is 16.9 Å². The van der Waals surface area contributed by atoms with Gasteiger partial charge in [0.15, 0.2) is 5.82 Å². The number of aliphatic hydroxyl groups is 1. The Bertz CT molecular complexity index is 2820. The molecule has 3 aromatic carbocycles. The third kappa shape index (κ3) is 8.95. The predicted molar refractivity (Wildman–Crippen MR) is 234 cm³/mol. The minimum absolute atomic E-state index is 0.00920. The number of piperazine rings is 1. The number of carbonyl (C=O) groups excluding carboxylic acids is 4. The molecule has 346 valence electrons. The summed E-state index contributed by atoms with van der Waals surface area (Å²) in [4.78, 5) is 65.2. The van der Waals surface area contributed by atoms with Crippen LogP contribution in [0.2, 0.25) is 0 Å². The minimum atomic E-state index is -4.37. The first-order valence-corrected chi connectivity index (χ1v) is 22.9. The molecule has 17 nitrogen and oxygen atoms in total. The third-order valence-electron chi connectivity index (χ3n) is 12.3. The van der Waals surface area contributed by atoms with Gasteiger partial charge in [0.25, 0.3) is 11.8 Å². The molecule has 0 bridgehead atoms. The van der Waals surface area contributed by atoms with Crippen LogP contribution in [-0.2, 0) is 19.7 Å². The van der Waals surface area contributed by atoms with Crippen molar-refractivity contribution >= 4 is 56.1 Å². The van der Waals surface area contributed by atoms with Gasteiger partial charge in [0.2, 0.25) is 11.7 Å². The quantitative estimate of drug-likeness (QED) is 0.0672. The number of fused-ring (bicyclic) bond motifs is 2. The molecule has 0 saturated carbocycles. The number of rotatable bonds is 15. The number of alkyl halides is 1. The summed E-state index contributed by atoms with van der Waals surface area (Å²) < 4.78 is 84.5. The van der Waals surface area contributed by atoms with Crippen molar-refractivity contribution in [2.45, 2.75) is 37.7 Å². The first-order chi connectivity index (χ1) is 31.8. The van der Waals surface area contributed by atoms with Crippen LogP contribution in [0.5, 0.6) is 5.75 Å². The van der Waals surface area contributed by atoms with Crippen molar-refractivity contribution in [1.82, 2.24) is 29.4 Å². The van der Waals surface area contributed by atoms with Crippen LogP contribution in [0.1, 0.15) is 55.9 Å². The van der Waals surface area contributed by atoms with E-state index < -0.39 is 81.6 Å². The van der Waals surface area contributed by atoms with Gasteiger partial charge in [-0.15, -0.1) is 0 Å². The van der Waals surface area contributed by atoms with Gasteiger partial charge in [-0.05, 0) is 73.4 Å². The molecule has 0 aliphatic carbocycles. The first-order valence-electron chi connectivity index (χ1n) is 21.5. The number of hydrogen-bond donors (Lipinski definition) is 4. The molecule has 0 radical (unpaired) electrons. The number of carbonyl (C=O) groups is 4. The van der Waals surface area contributed by atoms with Crippen molar-refractivity contribution in [2.24, 2.45) is 0 Å². The third-order valence-corrected chi connectivity index (χ3v) is 13.8. The van der Waals surface area contributed by atoms with Crippen LogP contribution in [0.25, 0.3) is 22.2 Å². The maximum atomic E-state index is 15.7.